The first kappa shape index (κ1) is 32.7. The van der Waals surface area contributed by atoms with Crippen LogP contribution in [0.5, 0.6) is 5.75 Å². The quantitative estimate of drug-likeness (QED) is 0.144. The monoisotopic (exact) mass is 676 g/mol. The van der Waals surface area contributed by atoms with E-state index in [-0.39, 0.29) is 5.91 Å². The van der Waals surface area contributed by atoms with Crippen LogP contribution in [0.2, 0.25) is 15.1 Å². The Bertz CT molecular complexity index is 1830. The normalized spacial score (nSPS) is 14.3. The van der Waals surface area contributed by atoms with E-state index in [1.165, 1.54) is 5.56 Å². The number of hydrogen-bond donors (Lipinski definition) is 1. The number of nitrogens with zero attached hydrogens (tertiary/aromatic N) is 3. The third kappa shape index (κ3) is 7.48. The van der Waals surface area contributed by atoms with Crippen LogP contribution in [-0.4, -0.2) is 66.1 Å². The summed E-state index contributed by atoms with van der Waals surface area (Å²) < 4.78 is 8.46. The Hall–Kier alpha value is -3.26. The summed E-state index contributed by atoms with van der Waals surface area (Å²) in [6, 6.07) is 23.7. The molecular weight excluding hydrogens is 639 g/mol. The SMILES string of the molecule is CCc1cccc2c(C(=O)NCc3ccc(Cl)c(Cl)c3)cn(CCCN3CCN(CCOc4ccc(Cl)c5ccccc45)CC3)c12. The van der Waals surface area contributed by atoms with Crippen LogP contribution in [0.15, 0.2) is 79.0 Å². The molecule has 240 valence electrons. The highest BCUT2D eigenvalue weighted by Crippen LogP contribution is 2.31. The van der Waals surface area contributed by atoms with Gasteiger partial charge >= 0.3 is 0 Å². The second-order valence-electron chi connectivity index (χ2n) is 11.8. The van der Waals surface area contributed by atoms with Crippen molar-refractivity contribution in [3.63, 3.8) is 0 Å². The number of carbonyl (C=O) groups is 1. The Morgan fingerprint density at radius 1 is 0.783 bits per heavy atom. The summed E-state index contributed by atoms with van der Waals surface area (Å²) in [5, 5.41) is 7.87. The molecule has 6 nitrogen and oxygen atoms in total. The lowest BCUT2D eigenvalue weighted by Crippen LogP contribution is -2.47. The maximum Gasteiger partial charge on any atom is 0.253 e. The molecule has 1 N–H and O–H groups in total. The van der Waals surface area contributed by atoms with Crippen LogP contribution in [0.4, 0.5) is 0 Å². The van der Waals surface area contributed by atoms with Crippen molar-refractivity contribution in [2.24, 2.45) is 0 Å². The molecule has 1 amide bonds. The first-order chi connectivity index (χ1) is 22.4. The average Bonchev–Trinajstić information content (AvgIpc) is 3.46. The Morgan fingerprint density at radius 3 is 2.26 bits per heavy atom. The van der Waals surface area contributed by atoms with E-state index >= 15 is 0 Å². The van der Waals surface area contributed by atoms with Crippen LogP contribution < -0.4 is 10.1 Å². The number of aromatic nitrogens is 1. The van der Waals surface area contributed by atoms with Gasteiger partial charge in [0.15, 0.2) is 0 Å². The van der Waals surface area contributed by atoms with Gasteiger partial charge in [0, 0.05) is 73.2 Å². The zero-order valence-electron chi connectivity index (χ0n) is 26.1. The van der Waals surface area contributed by atoms with Gasteiger partial charge in [0.25, 0.3) is 5.91 Å². The van der Waals surface area contributed by atoms with Gasteiger partial charge in [0.05, 0.1) is 21.1 Å². The molecule has 46 heavy (non-hydrogen) atoms. The lowest BCUT2D eigenvalue weighted by Gasteiger charge is -2.34. The molecule has 0 unspecified atom stereocenters. The number of piperazine rings is 1. The molecule has 1 fully saturated rings. The standard InChI is InChI=1S/C37H39Cl3N4O2/c1-2-27-7-5-10-30-31(37(45)41-24-26-11-12-33(39)34(40)23-26)25-44(36(27)30)16-6-15-42-17-19-43(20-18-42)21-22-46-35-14-13-32(38)28-8-3-4-9-29(28)35/h3-5,7-14,23,25H,2,6,15-22,24H2,1H3,(H,41,45). The van der Waals surface area contributed by atoms with Crippen LogP contribution in [0.3, 0.4) is 0 Å². The number of hydrogen-bond acceptors (Lipinski definition) is 4. The minimum absolute atomic E-state index is 0.0903. The van der Waals surface area contributed by atoms with Gasteiger partial charge in [0.2, 0.25) is 0 Å². The van der Waals surface area contributed by atoms with Crippen molar-refractivity contribution < 1.29 is 9.53 Å². The molecular formula is C37H39Cl3N4O2. The van der Waals surface area contributed by atoms with Crippen molar-refractivity contribution in [2.45, 2.75) is 32.9 Å². The zero-order chi connectivity index (χ0) is 32.0. The second-order valence-corrected chi connectivity index (χ2v) is 13.0. The first-order valence-electron chi connectivity index (χ1n) is 16.0. The summed E-state index contributed by atoms with van der Waals surface area (Å²) in [6.07, 6.45) is 3.94. The Morgan fingerprint density at radius 2 is 1.50 bits per heavy atom. The molecule has 1 aromatic heterocycles. The van der Waals surface area contributed by atoms with Crippen molar-refractivity contribution in [2.75, 3.05) is 45.9 Å². The summed E-state index contributed by atoms with van der Waals surface area (Å²) in [5.74, 6) is 0.793. The maximum absolute atomic E-state index is 13.4. The molecule has 0 bridgehead atoms. The van der Waals surface area contributed by atoms with Gasteiger partial charge in [-0.25, -0.2) is 0 Å². The summed E-state index contributed by atoms with van der Waals surface area (Å²) in [7, 11) is 0. The number of para-hydroxylation sites is 1. The van der Waals surface area contributed by atoms with Gasteiger partial charge in [-0.2, -0.15) is 0 Å². The minimum atomic E-state index is -0.0903. The lowest BCUT2D eigenvalue weighted by atomic mass is 10.1. The van der Waals surface area contributed by atoms with Gasteiger partial charge in [-0.1, -0.05) is 90.3 Å². The van der Waals surface area contributed by atoms with Crippen LogP contribution in [0.25, 0.3) is 21.7 Å². The van der Waals surface area contributed by atoms with E-state index in [1.807, 2.05) is 48.7 Å². The fraction of sp³-hybridized carbons (Fsp3) is 0.324. The number of carbonyl (C=O) groups excluding carboxylic acids is 1. The van der Waals surface area contributed by atoms with Crippen molar-refractivity contribution in [1.82, 2.24) is 19.7 Å². The number of aryl methyl sites for hydroxylation is 2. The van der Waals surface area contributed by atoms with E-state index in [0.717, 1.165) is 96.7 Å². The highest BCUT2D eigenvalue weighted by atomic mass is 35.5. The van der Waals surface area contributed by atoms with E-state index in [4.69, 9.17) is 39.5 Å². The number of fused-ring (bicyclic) bond motifs is 2. The highest BCUT2D eigenvalue weighted by Gasteiger charge is 2.19. The van der Waals surface area contributed by atoms with Gasteiger partial charge in [-0.3, -0.25) is 9.69 Å². The number of ether oxygens (including phenoxy) is 1. The molecule has 9 heteroatoms. The summed E-state index contributed by atoms with van der Waals surface area (Å²) >= 11 is 18.6. The predicted molar refractivity (Wildman–Crippen MR) is 191 cm³/mol. The molecule has 0 atom stereocenters. The van der Waals surface area contributed by atoms with Gasteiger partial charge in [0.1, 0.15) is 12.4 Å². The van der Waals surface area contributed by atoms with Crippen LogP contribution >= 0.6 is 34.8 Å². The molecule has 1 saturated heterocycles. The molecule has 0 saturated carbocycles. The molecule has 5 aromatic rings. The van der Waals surface area contributed by atoms with Crippen molar-refractivity contribution >= 4 is 62.4 Å². The third-order valence-electron chi connectivity index (χ3n) is 8.88. The predicted octanol–water partition coefficient (Wildman–Crippen LogP) is 8.33. The summed E-state index contributed by atoms with van der Waals surface area (Å²) in [6.45, 7) is 10.1. The van der Waals surface area contributed by atoms with Crippen molar-refractivity contribution in [3.05, 3.63) is 111 Å². The molecule has 1 aliphatic heterocycles. The van der Waals surface area contributed by atoms with Crippen LogP contribution in [-0.2, 0) is 19.5 Å². The Labute approximate surface area is 285 Å². The maximum atomic E-state index is 13.4. The molecule has 0 spiro atoms. The zero-order valence-corrected chi connectivity index (χ0v) is 28.3. The fourth-order valence-corrected chi connectivity index (χ4v) is 6.90. The van der Waals surface area contributed by atoms with Crippen LogP contribution in [0, 0.1) is 0 Å². The number of amides is 1. The fourth-order valence-electron chi connectivity index (χ4n) is 6.35. The number of nitrogens with one attached hydrogen (secondary N) is 1. The summed E-state index contributed by atoms with van der Waals surface area (Å²) in [5.41, 5.74) is 4.02. The average molecular weight is 678 g/mol. The molecule has 2 heterocycles. The second kappa shape index (κ2) is 15.1. The van der Waals surface area contributed by atoms with Gasteiger partial charge in [-0.15, -0.1) is 0 Å². The Kier molecular flexibility index (Phi) is 10.7. The van der Waals surface area contributed by atoms with E-state index in [9.17, 15) is 4.79 Å². The van der Waals surface area contributed by atoms with Crippen molar-refractivity contribution in [1.29, 1.82) is 0 Å². The molecule has 6 rings (SSSR count). The lowest BCUT2D eigenvalue weighted by molar-refractivity contribution is 0.0952. The minimum Gasteiger partial charge on any atom is -0.492 e. The third-order valence-corrected chi connectivity index (χ3v) is 9.95. The van der Waals surface area contributed by atoms with E-state index in [2.05, 4.69) is 44.8 Å². The number of halogens is 3. The van der Waals surface area contributed by atoms with Crippen molar-refractivity contribution in [3.8, 4) is 5.75 Å². The van der Waals surface area contributed by atoms with E-state index < -0.39 is 0 Å². The van der Waals surface area contributed by atoms with E-state index in [1.54, 1.807) is 12.1 Å². The molecule has 0 aliphatic carbocycles. The number of rotatable bonds is 12. The van der Waals surface area contributed by atoms with Crippen LogP contribution in [0.1, 0.15) is 34.8 Å². The topological polar surface area (TPSA) is 49.7 Å². The highest BCUT2D eigenvalue weighted by molar-refractivity contribution is 6.42. The summed E-state index contributed by atoms with van der Waals surface area (Å²) in [4.78, 5) is 18.4. The smallest absolute Gasteiger partial charge is 0.253 e. The molecule has 0 radical (unpaired) electrons. The number of benzene rings is 4. The first-order valence-corrected chi connectivity index (χ1v) is 17.1. The van der Waals surface area contributed by atoms with Gasteiger partial charge in [-0.05, 0) is 54.8 Å². The largest absolute Gasteiger partial charge is 0.492 e. The molecule has 4 aromatic carbocycles. The Balaban J connectivity index is 1.00. The van der Waals surface area contributed by atoms with Gasteiger partial charge < -0.3 is 19.5 Å². The van der Waals surface area contributed by atoms with E-state index in [0.29, 0.717) is 28.8 Å². The molecule has 1 aliphatic rings.